The van der Waals surface area contributed by atoms with Gasteiger partial charge in [0, 0.05) is 19.2 Å². The number of amides is 1. The van der Waals surface area contributed by atoms with Gasteiger partial charge in [-0.3, -0.25) is 4.98 Å². The third-order valence-electron chi connectivity index (χ3n) is 3.03. The Kier molecular flexibility index (Phi) is 6.40. The molecule has 4 nitrogen and oxygen atoms in total. The van der Waals surface area contributed by atoms with Crippen LogP contribution in [-0.4, -0.2) is 17.6 Å². The molecule has 0 fully saturated rings. The summed E-state index contributed by atoms with van der Waals surface area (Å²) < 4.78 is 43.3. The number of pyridine rings is 1. The van der Waals surface area contributed by atoms with Crippen LogP contribution in [0.1, 0.15) is 23.2 Å². The van der Waals surface area contributed by atoms with Gasteiger partial charge >= 0.3 is 12.3 Å². The molecular formula is C18H15F3N2O2. The summed E-state index contributed by atoms with van der Waals surface area (Å²) in [5.41, 5.74) is -0.354. The number of rotatable bonds is 4. The first-order valence-electron chi connectivity index (χ1n) is 7.42. The summed E-state index contributed by atoms with van der Waals surface area (Å²) in [5.74, 6) is 5.01. The molecule has 2 rings (SSSR count). The van der Waals surface area contributed by atoms with E-state index in [1.54, 1.807) is 0 Å². The van der Waals surface area contributed by atoms with Crippen molar-refractivity contribution in [2.75, 3.05) is 6.54 Å². The summed E-state index contributed by atoms with van der Waals surface area (Å²) in [6.07, 6.45) is -3.90. The highest BCUT2D eigenvalue weighted by Gasteiger charge is 2.34. The highest BCUT2D eigenvalue weighted by molar-refractivity contribution is 5.67. The Morgan fingerprint density at radius 2 is 1.92 bits per heavy atom. The second-order valence-corrected chi connectivity index (χ2v) is 4.94. The van der Waals surface area contributed by atoms with Crippen LogP contribution in [-0.2, 0) is 17.5 Å². The Morgan fingerprint density at radius 3 is 2.64 bits per heavy atom. The van der Waals surface area contributed by atoms with Crippen molar-refractivity contribution in [1.82, 2.24) is 10.3 Å². The van der Waals surface area contributed by atoms with Crippen molar-refractivity contribution in [2.24, 2.45) is 0 Å². The van der Waals surface area contributed by atoms with Crippen LogP contribution < -0.4 is 5.32 Å². The average Bonchev–Trinajstić information content (AvgIpc) is 2.60. The summed E-state index contributed by atoms with van der Waals surface area (Å²) in [6.45, 7) is 0.311. The number of nitrogens with one attached hydrogen (secondary N) is 1. The second kappa shape index (κ2) is 8.73. The van der Waals surface area contributed by atoms with Crippen molar-refractivity contribution in [3.05, 3.63) is 65.5 Å². The maximum absolute atomic E-state index is 12.8. The number of aromatic nitrogens is 1. The molecule has 0 radical (unpaired) electrons. The molecule has 2 aromatic rings. The molecule has 0 bridgehead atoms. The van der Waals surface area contributed by atoms with Crippen LogP contribution in [0.25, 0.3) is 0 Å². The van der Waals surface area contributed by atoms with Gasteiger partial charge in [-0.25, -0.2) is 4.79 Å². The van der Waals surface area contributed by atoms with Gasteiger partial charge in [0.1, 0.15) is 6.61 Å². The topological polar surface area (TPSA) is 51.2 Å². The van der Waals surface area contributed by atoms with E-state index in [0.717, 1.165) is 11.8 Å². The first kappa shape index (κ1) is 18.3. The third kappa shape index (κ3) is 6.18. The van der Waals surface area contributed by atoms with Gasteiger partial charge in [-0.2, -0.15) is 13.2 Å². The largest absolute Gasteiger partial charge is 0.445 e. The average molecular weight is 348 g/mol. The maximum Gasteiger partial charge on any atom is 0.434 e. The first-order chi connectivity index (χ1) is 12.0. The van der Waals surface area contributed by atoms with Crippen LogP contribution in [0.15, 0.2) is 48.7 Å². The lowest BCUT2D eigenvalue weighted by Gasteiger charge is -2.07. The van der Waals surface area contributed by atoms with Crippen molar-refractivity contribution in [3.63, 3.8) is 0 Å². The molecule has 25 heavy (non-hydrogen) atoms. The molecule has 0 unspecified atom stereocenters. The summed E-state index contributed by atoms with van der Waals surface area (Å²) in [4.78, 5) is 14.8. The number of benzene rings is 1. The SMILES string of the molecule is O=C(NCCC#Cc1cccnc1C(F)(F)F)OCc1ccccc1. The molecule has 7 heteroatoms. The first-order valence-corrected chi connectivity index (χ1v) is 7.42. The number of alkyl halides is 3. The molecule has 0 aliphatic heterocycles. The van der Waals surface area contributed by atoms with E-state index in [9.17, 15) is 18.0 Å². The summed E-state index contributed by atoms with van der Waals surface area (Å²) in [5, 5.41) is 2.48. The Hall–Kier alpha value is -3.01. The number of hydrogen-bond acceptors (Lipinski definition) is 3. The molecule has 0 atom stereocenters. The summed E-state index contributed by atoms with van der Waals surface area (Å²) in [6, 6.07) is 11.8. The number of halogens is 3. The molecule has 1 N–H and O–H groups in total. The van der Waals surface area contributed by atoms with E-state index >= 15 is 0 Å². The van der Waals surface area contributed by atoms with Gasteiger partial charge in [-0.1, -0.05) is 42.2 Å². The smallest absolute Gasteiger partial charge is 0.434 e. The lowest BCUT2D eigenvalue weighted by Crippen LogP contribution is -2.24. The number of nitrogens with zero attached hydrogens (tertiary/aromatic N) is 1. The van der Waals surface area contributed by atoms with E-state index in [2.05, 4.69) is 22.1 Å². The van der Waals surface area contributed by atoms with Crippen molar-refractivity contribution in [1.29, 1.82) is 0 Å². The van der Waals surface area contributed by atoms with E-state index in [4.69, 9.17) is 4.74 Å². The Labute approximate surface area is 143 Å². The summed E-state index contributed by atoms with van der Waals surface area (Å²) >= 11 is 0. The van der Waals surface area contributed by atoms with Crippen molar-refractivity contribution < 1.29 is 22.7 Å². The minimum absolute atomic E-state index is 0.142. The standard InChI is InChI=1S/C18H15F3N2O2/c19-18(20,21)16-15(10-6-12-22-16)9-4-5-11-23-17(24)25-13-14-7-2-1-3-8-14/h1-3,6-8,10,12H,5,11,13H2,(H,23,24). The fourth-order valence-electron chi connectivity index (χ4n) is 1.89. The predicted molar refractivity (Wildman–Crippen MR) is 85.4 cm³/mol. The Bertz CT molecular complexity index is 765. The molecule has 0 aliphatic rings. The number of hydrogen-bond donors (Lipinski definition) is 1. The van der Waals surface area contributed by atoms with Gasteiger partial charge in [0.25, 0.3) is 0 Å². The zero-order valence-corrected chi connectivity index (χ0v) is 13.1. The van der Waals surface area contributed by atoms with Crippen molar-refractivity contribution in [3.8, 4) is 11.8 Å². The monoisotopic (exact) mass is 348 g/mol. The maximum atomic E-state index is 12.8. The zero-order valence-electron chi connectivity index (χ0n) is 13.1. The number of ether oxygens (including phenoxy) is 1. The van der Waals surface area contributed by atoms with Crippen LogP contribution in [0.4, 0.5) is 18.0 Å². The molecule has 1 aromatic heterocycles. The lowest BCUT2D eigenvalue weighted by atomic mass is 10.2. The third-order valence-corrected chi connectivity index (χ3v) is 3.03. The van der Waals surface area contributed by atoms with Crippen LogP contribution in [0.5, 0.6) is 0 Å². The molecule has 130 valence electrons. The Balaban J connectivity index is 1.77. The fraction of sp³-hybridized carbons (Fsp3) is 0.222. The number of carbonyl (C=O) groups excluding carboxylic acids is 1. The van der Waals surface area contributed by atoms with Gasteiger partial charge in [-0.15, -0.1) is 0 Å². The molecule has 0 aliphatic carbocycles. The molecule has 1 aromatic carbocycles. The summed E-state index contributed by atoms with van der Waals surface area (Å²) in [7, 11) is 0. The van der Waals surface area contributed by atoms with Gasteiger partial charge in [-0.05, 0) is 17.7 Å². The minimum Gasteiger partial charge on any atom is -0.445 e. The predicted octanol–water partition coefficient (Wildman–Crippen LogP) is 3.77. The second-order valence-electron chi connectivity index (χ2n) is 4.94. The number of carbonyl (C=O) groups is 1. The van der Waals surface area contributed by atoms with E-state index < -0.39 is 18.0 Å². The van der Waals surface area contributed by atoms with Crippen molar-refractivity contribution in [2.45, 2.75) is 19.2 Å². The van der Waals surface area contributed by atoms with Gasteiger partial charge in [0.05, 0.1) is 5.56 Å². The molecular weight excluding hydrogens is 333 g/mol. The van der Waals surface area contributed by atoms with Crippen molar-refractivity contribution >= 4 is 6.09 Å². The van der Waals surface area contributed by atoms with E-state index in [1.807, 2.05) is 30.3 Å². The fourth-order valence-corrected chi connectivity index (χ4v) is 1.89. The van der Waals surface area contributed by atoms with Gasteiger partial charge in [0.2, 0.25) is 0 Å². The van der Waals surface area contributed by atoms with E-state index in [0.29, 0.717) is 0 Å². The molecule has 0 saturated heterocycles. The van der Waals surface area contributed by atoms with E-state index in [1.165, 1.54) is 12.1 Å². The van der Waals surface area contributed by atoms with Crippen LogP contribution >= 0.6 is 0 Å². The molecule has 0 spiro atoms. The molecule has 1 heterocycles. The minimum atomic E-state index is -4.55. The lowest BCUT2D eigenvalue weighted by molar-refractivity contribution is -0.141. The molecule has 0 saturated carbocycles. The zero-order chi connectivity index (χ0) is 18.1. The molecule has 1 amide bonds. The quantitative estimate of drug-likeness (QED) is 0.676. The number of alkyl carbamates (subject to hydrolysis) is 1. The highest BCUT2D eigenvalue weighted by atomic mass is 19.4. The van der Waals surface area contributed by atoms with Gasteiger partial charge in [0.15, 0.2) is 5.69 Å². The highest BCUT2D eigenvalue weighted by Crippen LogP contribution is 2.29. The van der Waals surface area contributed by atoms with Crippen LogP contribution in [0.2, 0.25) is 0 Å². The van der Waals surface area contributed by atoms with Crippen LogP contribution in [0.3, 0.4) is 0 Å². The van der Waals surface area contributed by atoms with Crippen LogP contribution in [0, 0.1) is 11.8 Å². The Morgan fingerprint density at radius 1 is 1.16 bits per heavy atom. The van der Waals surface area contributed by atoms with Gasteiger partial charge < -0.3 is 10.1 Å². The normalized spacial score (nSPS) is 10.5. The van der Waals surface area contributed by atoms with E-state index in [-0.39, 0.29) is 25.1 Å².